The number of nitrogens with zero attached hydrogens (tertiary/aromatic N) is 1. The molecule has 0 aliphatic heterocycles. The summed E-state index contributed by atoms with van der Waals surface area (Å²) in [7, 11) is 0. The molecule has 1 fully saturated rings. The first-order valence-corrected chi connectivity index (χ1v) is 12.3. The molecule has 7 heteroatoms. The predicted octanol–water partition coefficient (Wildman–Crippen LogP) is 6.45. The van der Waals surface area contributed by atoms with E-state index in [1.807, 2.05) is 25.1 Å². The van der Waals surface area contributed by atoms with E-state index in [2.05, 4.69) is 5.32 Å². The van der Waals surface area contributed by atoms with Crippen LogP contribution in [0.3, 0.4) is 0 Å². The third kappa shape index (κ3) is 6.63. The topological polar surface area (TPSA) is 49.4 Å². The second kappa shape index (κ2) is 11.9. The van der Waals surface area contributed by atoms with Gasteiger partial charge in [0.15, 0.2) is 0 Å². The highest BCUT2D eigenvalue weighted by molar-refractivity contribution is 6.35. The molecule has 1 aliphatic rings. The Labute approximate surface area is 205 Å². The second-order valence-electron chi connectivity index (χ2n) is 8.29. The zero-order valence-electron chi connectivity index (χ0n) is 18.3. The van der Waals surface area contributed by atoms with Crippen LogP contribution in [0.25, 0.3) is 0 Å². The van der Waals surface area contributed by atoms with Crippen molar-refractivity contribution >= 4 is 46.6 Å². The molecule has 3 rings (SSSR count). The fourth-order valence-electron chi connectivity index (χ4n) is 4.20. The highest BCUT2D eigenvalue weighted by Gasteiger charge is 2.31. The molecule has 4 nitrogen and oxygen atoms in total. The van der Waals surface area contributed by atoms with E-state index in [1.165, 1.54) is 6.42 Å². The van der Waals surface area contributed by atoms with E-state index < -0.39 is 6.04 Å². The molecule has 1 N–H and O–H groups in total. The molecule has 0 bridgehead atoms. The number of hydrogen-bond acceptors (Lipinski definition) is 2. The van der Waals surface area contributed by atoms with Gasteiger partial charge in [-0.3, -0.25) is 9.59 Å². The number of nitrogens with one attached hydrogen (secondary N) is 1. The Morgan fingerprint density at radius 2 is 1.72 bits per heavy atom. The zero-order chi connectivity index (χ0) is 23.1. The van der Waals surface area contributed by atoms with E-state index >= 15 is 0 Å². The van der Waals surface area contributed by atoms with Crippen LogP contribution in [0.5, 0.6) is 0 Å². The van der Waals surface area contributed by atoms with E-state index in [1.54, 1.807) is 29.2 Å². The monoisotopic (exact) mass is 494 g/mol. The SMILES string of the molecule is CCC(C(=O)NC1CCCCC1)N(Cc1ccccc1Cl)C(=O)Cc1ccc(Cl)cc1Cl. The molecule has 2 aromatic carbocycles. The number of hydrogen-bond donors (Lipinski definition) is 1. The van der Waals surface area contributed by atoms with Crippen molar-refractivity contribution < 1.29 is 9.59 Å². The van der Waals surface area contributed by atoms with Gasteiger partial charge < -0.3 is 10.2 Å². The summed E-state index contributed by atoms with van der Waals surface area (Å²) in [5, 5.41) is 4.69. The van der Waals surface area contributed by atoms with Crippen LogP contribution < -0.4 is 5.32 Å². The van der Waals surface area contributed by atoms with Crippen molar-refractivity contribution in [1.29, 1.82) is 0 Å². The largest absolute Gasteiger partial charge is 0.352 e. The van der Waals surface area contributed by atoms with Gasteiger partial charge in [-0.05, 0) is 48.6 Å². The lowest BCUT2D eigenvalue weighted by atomic mass is 9.95. The highest BCUT2D eigenvalue weighted by Crippen LogP contribution is 2.25. The third-order valence-corrected chi connectivity index (χ3v) is 6.95. The van der Waals surface area contributed by atoms with E-state index in [0.717, 1.165) is 31.2 Å². The van der Waals surface area contributed by atoms with Crippen molar-refractivity contribution in [3.63, 3.8) is 0 Å². The fourth-order valence-corrected chi connectivity index (χ4v) is 4.87. The molecule has 1 unspecified atom stereocenters. The molecule has 172 valence electrons. The van der Waals surface area contributed by atoms with Crippen molar-refractivity contribution in [2.45, 2.75) is 70.5 Å². The Hall–Kier alpha value is -1.75. The summed E-state index contributed by atoms with van der Waals surface area (Å²) in [6.45, 7) is 2.17. The van der Waals surface area contributed by atoms with Crippen molar-refractivity contribution in [3.8, 4) is 0 Å². The normalized spacial score (nSPS) is 15.2. The number of benzene rings is 2. The van der Waals surface area contributed by atoms with Gasteiger partial charge in [-0.25, -0.2) is 0 Å². The Bertz CT molecular complexity index is 945. The van der Waals surface area contributed by atoms with Gasteiger partial charge in [0.25, 0.3) is 0 Å². The average molecular weight is 496 g/mol. The van der Waals surface area contributed by atoms with Crippen LogP contribution >= 0.6 is 34.8 Å². The number of rotatable bonds is 8. The Morgan fingerprint density at radius 1 is 1.00 bits per heavy atom. The van der Waals surface area contributed by atoms with Crippen LogP contribution in [0.15, 0.2) is 42.5 Å². The van der Waals surface area contributed by atoms with Crippen LogP contribution in [0.2, 0.25) is 15.1 Å². The van der Waals surface area contributed by atoms with Crippen LogP contribution in [-0.2, 0) is 22.6 Å². The van der Waals surface area contributed by atoms with Gasteiger partial charge >= 0.3 is 0 Å². The fraction of sp³-hybridized carbons (Fsp3) is 0.440. The average Bonchev–Trinajstić information content (AvgIpc) is 2.77. The smallest absolute Gasteiger partial charge is 0.243 e. The van der Waals surface area contributed by atoms with Gasteiger partial charge in [0, 0.05) is 27.7 Å². The number of amides is 2. The molecule has 0 radical (unpaired) electrons. The summed E-state index contributed by atoms with van der Waals surface area (Å²) in [5.74, 6) is -0.290. The van der Waals surface area contributed by atoms with E-state index in [9.17, 15) is 9.59 Å². The highest BCUT2D eigenvalue weighted by atomic mass is 35.5. The summed E-state index contributed by atoms with van der Waals surface area (Å²) in [5.41, 5.74) is 1.47. The minimum Gasteiger partial charge on any atom is -0.352 e. The molecule has 2 amide bonds. The van der Waals surface area contributed by atoms with Gasteiger partial charge in [0.05, 0.1) is 6.42 Å². The molecular formula is C25H29Cl3N2O2. The van der Waals surface area contributed by atoms with Gasteiger partial charge in [-0.15, -0.1) is 0 Å². The van der Waals surface area contributed by atoms with Crippen molar-refractivity contribution in [2.75, 3.05) is 0 Å². The quantitative estimate of drug-likeness (QED) is 0.458. The Morgan fingerprint density at radius 3 is 2.38 bits per heavy atom. The Kier molecular flexibility index (Phi) is 9.27. The summed E-state index contributed by atoms with van der Waals surface area (Å²) in [4.78, 5) is 28.3. The van der Waals surface area contributed by atoms with Crippen molar-refractivity contribution in [2.24, 2.45) is 0 Å². The molecule has 32 heavy (non-hydrogen) atoms. The first-order chi connectivity index (χ1) is 15.4. The minimum atomic E-state index is -0.591. The van der Waals surface area contributed by atoms with E-state index in [-0.39, 0.29) is 30.8 Å². The first-order valence-electron chi connectivity index (χ1n) is 11.2. The number of halogens is 3. The first kappa shape index (κ1) is 24.9. The lowest BCUT2D eigenvalue weighted by molar-refractivity contribution is -0.141. The van der Waals surface area contributed by atoms with Crippen LogP contribution in [0, 0.1) is 0 Å². The summed E-state index contributed by atoms with van der Waals surface area (Å²) in [6, 6.07) is 12.1. The summed E-state index contributed by atoms with van der Waals surface area (Å²) in [6.07, 6.45) is 6.01. The standard InChI is InChI=1S/C25H29Cl3N2O2/c1-2-23(25(32)29-20-9-4-3-5-10-20)30(16-18-8-6-7-11-21(18)27)24(31)14-17-12-13-19(26)15-22(17)28/h6-8,11-13,15,20,23H,2-5,9-10,14,16H2,1H3,(H,29,32). The molecule has 1 atom stereocenters. The maximum Gasteiger partial charge on any atom is 0.243 e. The zero-order valence-corrected chi connectivity index (χ0v) is 20.5. The van der Waals surface area contributed by atoms with E-state index in [0.29, 0.717) is 27.1 Å². The number of carbonyl (C=O) groups excluding carboxylic acids is 2. The molecule has 1 aliphatic carbocycles. The molecule has 0 spiro atoms. The molecule has 0 aromatic heterocycles. The maximum atomic E-state index is 13.5. The van der Waals surface area contributed by atoms with Gasteiger partial charge in [0.1, 0.15) is 6.04 Å². The molecule has 0 heterocycles. The third-order valence-electron chi connectivity index (χ3n) is 5.99. The van der Waals surface area contributed by atoms with E-state index in [4.69, 9.17) is 34.8 Å². The van der Waals surface area contributed by atoms with Gasteiger partial charge in [-0.2, -0.15) is 0 Å². The molecular weight excluding hydrogens is 467 g/mol. The minimum absolute atomic E-state index is 0.0770. The number of carbonyl (C=O) groups is 2. The summed E-state index contributed by atoms with van der Waals surface area (Å²) >= 11 is 18.7. The van der Waals surface area contributed by atoms with Crippen molar-refractivity contribution in [1.82, 2.24) is 10.2 Å². The van der Waals surface area contributed by atoms with Gasteiger partial charge in [-0.1, -0.05) is 85.3 Å². The van der Waals surface area contributed by atoms with Crippen LogP contribution in [-0.4, -0.2) is 28.8 Å². The van der Waals surface area contributed by atoms with Crippen LogP contribution in [0.1, 0.15) is 56.6 Å². The lowest BCUT2D eigenvalue weighted by Gasteiger charge is -2.33. The van der Waals surface area contributed by atoms with Crippen molar-refractivity contribution in [3.05, 3.63) is 68.7 Å². The molecule has 1 saturated carbocycles. The Balaban J connectivity index is 1.84. The molecule has 0 saturated heterocycles. The lowest BCUT2D eigenvalue weighted by Crippen LogP contribution is -2.52. The molecule has 2 aromatic rings. The van der Waals surface area contributed by atoms with Crippen LogP contribution in [0.4, 0.5) is 0 Å². The summed E-state index contributed by atoms with van der Waals surface area (Å²) < 4.78 is 0. The maximum absolute atomic E-state index is 13.5. The predicted molar refractivity (Wildman–Crippen MR) is 131 cm³/mol. The van der Waals surface area contributed by atoms with Gasteiger partial charge in [0.2, 0.25) is 11.8 Å². The second-order valence-corrected chi connectivity index (χ2v) is 9.54.